The number of carboxylic acid groups (broad SMARTS) is 1. The van der Waals surface area contributed by atoms with Gasteiger partial charge >= 0.3 is 5.97 Å². The van der Waals surface area contributed by atoms with Crippen LogP contribution < -0.4 is 0 Å². The van der Waals surface area contributed by atoms with Crippen molar-refractivity contribution < 1.29 is 9.90 Å². The van der Waals surface area contributed by atoms with Gasteiger partial charge in [0.05, 0.1) is 11.5 Å². The highest BCUT2D eigenvalue weighted by Gasteiger charge is 2.31. The number of carboxylic acids is 1. The number of pyridine rings is 1. The Balaban J connectivity index is 2.11. The number of aromatic carboxylic acids is 1. The van der Waals surface area contributed by atoms with Crippen molar-refractivity contribution >= 4 is 28.3 Å². The van der Waals surface area contributed by atoms with Crippen LogP contribution in [-0.2, 0) is 7.05 Å². The molecule has 0 fully saturated rings. The summed E-state index contributed by atoms with van der Waals surface area (Å²) in [4.78, 5) is 17.2. The Hall–Kier alpha value is -3.43. The molecule has 1 unspecified atom stereocenters. The standard InChI is InChI=1S/C21H15N3O2S/c1-24-19(18(21(25)26)15-8-5-10-23-20(15)24)17(13-6-3-2-4-7-13)14-9-11-27-16(14)12-22/h2-11,17H,1H3,(H,25,26). The lowest BCUT2D eigenvalue weighted by molar-refractivity contribution is 0.0697. The van der Waals surface area contributed by atoms with Crippen LogP contribution in [0, 0.1) is 11.3 Å². The second kappa shape index (κ2) is 6.71. The Bertz CT molecular complexity index is 1190. The summed E-state index contributed by atoms with van der Waals surface area (Å²) in [6, 6.07) is 17.3. The number of hydrogen-bond donors (Lipinski definition) is 1. The fourth-order valence-electron chi connectivity index (χ4n) is 3.61. The van der Waals surface area contributed by atoms with Crippen LogP contribution in [0.5, 0.6) is 0 Å². The molecule has 0 radical (unpaired) electrons. The van der Waals surface area contributed by atoms with Crippen LogP contribution in [0.1, 0.15) is 38.0 Å². The molecular weight excluding hydrogens is 358 g/mol. The Morgan fingerprint density at radius 1 is 1.22 bits per heavy atom. The lowest BCUT2D eigenvalue weighted by Crippen LogP contribution is -2.13. The van der Waals surface area contributed by atoms with Crippen molar-refractivity contribution in [1.82, 2.24) is 9.55 Å². The summed E-state index contributed by atoms with van der Waals surface area (Å²) in [5.74, 6) is -1.38. The number of thiophene rings is 1. The number of rotatable bonds is 4. The third kappa shape index (κ3) is 2.69. The third-order valence-electron chi connectivity index (χ3n) is 4.72. The zero-order valence-electron chi connectivity index (χ0n) is 14.5. The average Bonchev–Trinajstić information content (AvgIpc) is 3.27. The van der Waals surface area contributed by atoms with Crippen molar-refractivity contribution in [3.8, 4) is 6.07 Å². The average molecular weight is 373 g/mol. The van der Waals surface area contributed by atoms with E-state index in [-0.39, 0.29) is 11.5 Å². The van der Waals surface area contributed by atoms with Crippen molar-refractivity contribution in [2.24, 2.45) is 7.05 Å². The molecule has 0 amide bonds. The van der Waals surface area contributed by atoms with Crippen LogP contribution in [0.2, 0.25) is 0 Å². The summed E-state index contributed by atoms with van der Waals surface area (Å²) in [6.07, 6.45) is 1.65. The number of hydrogen-bond acceptors (Lipinski definition) is 4. The predicted octanol–water partition coefficient (Wildman–Crippen LogP) is 4.38. The summed E-state index contributed by atoms with van der Waals surface area (Å²) < 4.78 is 1.83. The fourth-order valence-corrected chi connectivity index (χ4v) is 4.33. The third-order valence-corrected chi connectivity index (χ3v) is 5.55. The van der Waals surface area contributed by atoms with E-state index in [1.54, 1.807) is 18.3 Å². The van der Waals surface area contributed by atoms with Crippen LogP contribution in [0.4, 0.5) is 0 Å². The van der Waals surface area contributed by atoms with Gasteiger partial charge in [0.1, 0.15) is 16.6 Å². The van der Waals surface area contributed by atoms with Crippen molar-refractivity contribution in [3.05, 3.63) is 87.4 Å². The van der Waals surface area contributed by atoms with E-state index in [9.17, 15) is 15.2 Å². The van der Waals surface area contributed by atoms with Gasteiger partial charge < -0.3 is 9.67 Å². The first-order valence-electron chi connectivity index (χ1n) is 8.32. The van der Waals surface area contributed by atoms with E-state index in [2.05, 4.69) is 11.1 Å². The maximum atomic E-state index is 12.2. The molecule has 4 rings (SSSR count). The molecule has 0 bridgehead atoms. The zero-order chi connectivity index (χ0) is 19.0. The highest BCUT2D eigenvalue weighted by molar-refractivity contribution is 7.10. The van der Waals surface area contributed by atoms with Gasteiger partial charge in [-0.05, 0) is 34.7 Å². The minimum Gasteiger partial charge on any atom is -0.478 e. The number of aromatic nitrogens is 2. The lowest BCUT2D eigenvalue weighted by atomic mass is 9.86. The van der Waals surface area contributed by atoms with Gasteiger partial charge in [0.25, 0.3) is 0 Å². The van der Waals surface area contributed by atoms with Crippen molar-refractivity contribution in [2.75, 3.05) is 0 Å². The molecule has 0 aliphatic carbocycles. The minimum absolute atomic E-state index is 0.226. The summed E-state index contributed by atoms with van der Waals surface area (Å²) in [5, 5.41) is 22.0. The quantitative estimate of drug-likeness (QED) is 0.575. The normalized spacial score (nSPS) is 12.0. The summed E-state index contributed by atoms with van der Waals surface area (Å²) >= 11 is 1.36. The topological polar surface area (TPSA) is 78.9 Å². The molecule has 0 saturated carbocycles. The van der Waals surface area contributed by atoms with E-state index in [0.717, 1.165) is 11.1 Å². The molecule has 4 aromatic rings. The first-order valence-corrected chi connectivity index (χ1v) is 9.20. The number of nitrogens with zero attached hydrogens (tertiary/aromatic N) is 3. The number of nitriles is 1. The Morgan fingerprint density at radius 3 is 2.70 bits per heavy atom. The van der Waals surface area contributed by atoms with Crippen LogP contribution >= 0.6 is 11.3 Å². The molecule has 3 aromatic heterocycles. The molecule has 1 atom stereocenters. The molecular formula is C21H15N3O2S. The number of fused-ring (bicyclic) bond motifs is 1. The molecule has 6 heteroatoms. The van der Waals surface area contributed by atoms with Crippen molar-refractivity contribution in [1.29, 1.82) is 5.26 Å². The van der Waals surface area contributed by atoms with Gasteiger partial charge in [0.15, 0.2) is 0 Å². The maximum Gasteiger partial charge on any atom is 0.338 e. The largest absolute Gasteiger partial charge is 0.478 e. The summed E-state index contributed by atoms with van der Waals surface area (Å²) in [7, 11) is 1.82. The molecule has 1 N–H and O–H groups in total. The van der Waals surface area contributed by atoms with E-state index in [4.69, 9.17) is 0 Å². The lowest BCUT2D eigenvalue weighted by Gasteiger charge is -2.20. The molecule has 0 spiro atoms. The zero-order valence-corrected chi connectivity index (χ0v) is 15.3. The number of carbonyl (C=O) groups is 1. The molecule has 5 nitrogen and oxygen atoms in total. The van der Waals surface area contributed by atoms with Gasteiger partial charge in [0.2, 0.25) is 0 Å². The fraction of sp³-hybridized carbons (Fsp3) is 0.0952. The van der Waals surface area contributed by atoms with Gasteiger partial charge in [-0.3, -0.25) is 0 Å². The van der Waals surface area contributed by atoms with Gasteiger partial charge in [-0.1, -0.05) is 30.3 Å². The summed E-state index contributed by atoms with van der Waals surface area (Å²) in [6.45, 7) is 0. The van der Waals surface area contributed by atoms with Crippen LogP contribution in [-0.4, -0.2) is 20.6 Å². The van der Waals surface area contributed by atoms with Crippen LogP contribution in [0.25, 0.3) is 11.0 Å². The molecule has 0 saturated heterocycles. The molecule has 1 aromatic carbocycles. The van der Waals surface area contributed by atoms with Gasteiger partial charge in [-0.15, -0.1) is 11.3 Å². The molecule has 27 heavy (non-hydrogen) atoms. The van der Waals surface area contributed by atoms with Gasteiger partial charge in [0, 0.05) is 24.3 Å². The van der Waals surface area contributed by atoms with E-state index in [1.807, 2.05) is 53.4 Å². The summed E-state index contributed by atoms with van der Waals surface area (Å²) in [5.41, 5.74) is 3.20. The van der Waals surface area contributed by atoms with Crippen molar-refractivity contribution in [2.45, 2.75) is 5.92 Å². The Labute approximate surface area is 159 Å². The highest BCUT2D eigenvalue weighted by Crippen LogP contribution is 2.40. The smallest absolute Gasteiger partial charge is 0.338 e. The van der Waals surface area contributed by atoms with Gasteiger partial charge in [-0.25, -0.2) is 9.78 Å². The number of aryl methyl sites for hydroxylation is 1. The van der Waals surface area contributed by atoms with E-state index < -0.39 is 5.97 Å². The molecule has 3 heterocycles. The SMILES string of the molecule is Cn1c(C(c2ccccc2)c2ccsc2C#N)c(C(=O)O)c2cccnc21. The first kappa shape index (κ1) is 17.0. The monoisotopic (exact) mass is 373 g/mol. The molecule has 0 aliphatic heterocycles. The molecule has 132 valence electrons. The van der Waals surface area contributed by atoms with Crippen LogP contribution in [0.3, 0.4) is 0 Å². The Kier molecular flexibility index (Phi) is 4.22. The number of benzene rings is 1. The first-order chi connectivity index (χ1) is 13.1. The second-order valence-electron chi connectivity index (χ2n) is 6.16. The molecule has 0 aliphatic rings. The highest BCUT2D eigenvalue weighted by atomic mass is 32.1. The van der Waals surface area contributed by atoms with E-state index >= 15 is 0 Å². The van der Waals surface area contributed by atoms with Crippen LogP contribution in [0.15, 0.2) is 60.1 Å². The van der Waals surface area contributed by atoms with E-state index in [1.165, 1.54) is 11.3 Å². The van der Waals surface area contributed by atoms with E-state index in [0.29, 0.717) is 21.6 Å². The van der Waals surface area contributed by atoms with Gasteiger partial charge in [-0.2, -0.15) is 5.26 Å². The second-order valence-corrected chi connectivity index (χ2v) is 7.08. The maximum absolute atomic E-state index is 12.2. The Morgan fingerprint density at radius 2 is 2.00 bits per heavy atom. The predicted molar refractivity (Wildman–Crippen MR) is 104 cm³/mol. The minimum atomic E-state index is -1.00. The van der Waals surface area contributed by atoms with Crippen molar-refractivity contribution in [3.63, 3.8) is 0 Å².